The summed E-state index contributed by atoms with van der Waals surface area (Å²) in [5.41, 5.74) is -0.255. The van der Waals surface area contributed by atoms with E-state index in [0.29, 0.717) is 13.0 Å². The molecule has 2 heterocycles. The van der Waals surface area contributed by atoms with Crippen LogP contribution in [0.5, 0.6) is 0 Å². The summed E-state index contributed by atoms with van der Waals surface area (Å²) in [6, 6.07) is -0.569. The van der Waals surface area contributed by atoms with Crippen LogP contribution in [0.15, 0.2) is 17.2 Å². The zero-order chi connectivity index (χ0) is 13.8. The smallest absolute Gasteiger partial charge is 0.328 e. The number of hydrogen-bond acceptors (Lipinski definition) is 5. The van der Waals surface area contributed by atoms with E-state index in [2.05, 4.69) is 9.97 Å². The van der Waals surface area contributed by atoms with Crippen molar-refractivity contribution in [2.24, 2.45) is 0 Å². The van der Waals surface area contributed by atoms with Crippen LogP contribution in [0, 0.1) is 0 Å². The van der Waals surface area contributed by atoms with Crippen molar-refractivity contribution in [1.29, 1.82) is 0 Å². The number of methoxy groups -OCH3 is 1. The third-order valence-electron chi connectivity index (χ3n) is 3.13. The largest absolute Gasteiger partial charge is 0.467 e. The van der Waals surface area contributed by atoms with Gasteiger partial charge in [-0.15, -0.1) is 0 Å². The van der Waals surface area contributed by atoms with Crippen LogP contribution in [0.1, 0.15) is 29.8 Å². The van der Waals surface area contributed by atoms with Gasteiger partial charge < -0.3 is 14.6 Å². The number of likely N-dealkylation sites (tertiary alicyclic amines) is 1. The third kappa shape index (κ3) is 2.81. The van der Waals surface area contributed by atoms with Gasteiger partial charge in [0.2, 0.25) is 0 Å². The van der Waals surface area contributed by atoms with Crippen molar-refractivity contribution in [3.63, 3.8) is 0 Å². The van der Waals surface area contributed by atoms with Crippen LogP contribution in [-0.2, 0) is 9.53 Å². The molecule has 0 saturated carbocycles. The van der Waals surface area contributed by atoms with E-state index in [1.165, 1.54) is 18.2 Å². The summed E-state index contributed by atoms with van der Waals surface area (Å²) in [6.45, 7) is 0.486. The van der Waals surface area contributed by atoms with Crippen LogP contribution < -0.4 is 5.56 Å². The van der Waals surface area contributed by atoms with Gasteiger partial charge in [0.15, 0.2) is 0 Å². The molecule has 7 nitrogen and oxygen atoms in total. The monoisotopic (exact) mass is 265 g/mol. The summed E-state index contributed by atoms with van der Waals surface area (Å²) in [5, 5.41) is 0. The zero-order valence-corrected chi connectivity index (χ0v) is 10.6. The molecule has 1 saturated heterocycles. The van der Waals surface area contributed by atoms with Crippen molar-refractivity contribution in [3.05, 3.63) is 28.4 Å². The number of amides is 1. The molecular weight excluding hydrogens is 250 g/mol. The zero-order valence-electron chi connectivity index (χ0n) is 10.6. The molecule has 1 aromatic rings. The van der Waals surface area contributed by atoms with E-state index in [4.69, 9.17) is 4.74 Å². The highest BCUT2D eigenvalue weighted by molar-refractivity contribution is 5.95. The molecule has 102 valence electrons. The van der Waals surface area contributed by atoms with Gasteiger partial charge in [-0.05, 0) is 19.3 Å². The first-order valence-corrected chi connectivity index (χ1v) is 6.07. The number of nitrogens with one attached hydrogen (secondary N) is 1. The molecule has 1 N–H and O–H groups in total. The SMILES string of the molecule is COC(=O)C1CCCCN1C(=O)c1c[nH]c(=O)cn1. The van der Waals surface area contributed by atoms with Gasteiger partial charge in [0, 0.05) is 12.7 Å². The number of carbonyl (C=O) groups is 2. The number of hydrogen-bond donors (Lipinski definition) is 1. The van der Waals surface area contributed by atoms with E-state index < -0.39 is 12.0 Å². The summed E-state index contributed by atoms with van der Waals surface area (Å²) >= 11 is 0. The molecule has 1 amide bonds. The van der Waals surface area contributed by atoms with Crippen LogP contribution in [-0.4, -0.2) is 46.4 Å². The minimum Gasteiger partial charge on any atom is -0.467 e. The highest BCUT2D eigenvalue weighted by Crippen LogP contribution is 2.19. The molecule has 1 aromatic heterocycles. The second kappa shape index (κ2) is 5.64. The average molecular weight is 265 g/mol. The standard InChI is InChI=1S/C12H15N3O4/c1-19-12(18)9-4-2-3-5-15(9)11(17)8-6-14-10(16)7-13-8/h6-7,9H,2-5H2,1H3,(H,14,16). The molecule has 0 bridgehead atoms. The van der Waals surface area contributed by atoms with Crippen molar-refractivity contribution in [2.75, 3.05) is 13.7 Å². The van der Waals surface area contributed by atoms with Gasteiger partial charge in [0.1, 0.15) is 11.7 Å². The summed E-state index contributed by atoms with van der Waals surface area (Å²) in [4.78, 5) is 42.5. The Labute approximate surface area is 109 Å². The number of aromatic nitrogens is 2. The summed E-state index contributed by atoms with van der Waals surface area (Å²) in [7, 11) is 1.30. The van der Waals surface area contributed by atoms with Crippen molar-refractivity contribution >= 4 is 11.9 Å². The predicted molar refractivity (Wildman–Crippen MR) is 65.5 cm³/mol. The Bertz CT molecular complexity index is 520. The van der Waals surface area contributed by atoms with E-state index in [1.54, 1.807) is 0 Å². The maximum Gasteiger partial charge on any atom is 0.328 e. The van der Waals surface area contributed by atoms with Crippen LogP contribution in [0.2, 0.25) is 0 Å². The minimum absolute atomic E-state index is 0.121. The van der Waals surface area contributed by atoms with Gasteiger partial charge in [-0.3, -0.25) is 9.59 Å². The fraction of sp³-hybridized carbons (Fsp3) is 0.500. The lowest BCUT2D eigenvalue weighted by Gasteiger charge is -2.33. The van der Waals surface area contributed by atoms with E-state index in [-0.39, 0.29) is 17.2 Å². The third-order valence-corrected chi connectivity index (χ3v) is 3.13. The Balaban J connectivity index is 2.22. The molecule has 1 atom stereocenters. The Hall–Kier alpha value is -2.18. The number of ether oxygens (including phenoxy) is 1. The Kier molecular flexibility index (Phi) is 3.94. The Morgan fingerprint density at radius 1 is 1.47 bits per heavy atom. The number of rotatable bonds is 2. The molecule has 2 rings (SSSR count). The molecular formula is C12H15N3O4. The number of H-pyrrole nitrogens is 1. The molecule has 19 heavy (non-hydrogen) atoms. The molecule has 0 radical (unpaired) electrons. The molecule has 1 unspecified atom stereocenters. The van der Waals surface area contributed by atoms with E-state index >= 15 is 0 Å². The molecule has 0 aliphatic carbocycles. The van der Waals surface area contributed by atoms with Crippen LogP contribution in [0.25, 0.3) is 0 Å². The van der Waals surface area contributed by atoms with Gasteiger partial charge in [0.25, 0.3) is 11.5 Å². The van der Waals surface area contributed by atoms with E-state index in [1.807, 2.05) is 0 Å². The fourth-order valence-corrected chi connectivity index (χ4v) is 2.16. The quantitative estimate of drug-likeness (QED) is 0.756. The van der Waals surface area contributed by atoms with Crippen LogP contribution in [0.3, 0.4) is 0 Å². The topological polar surface area (TPSA) is 92.4 Å². The van der Waals surface area contributed by atoms with Crippen LogP contribution in [0.4, 0.5) is 0 Å². The van der Waals surface area contributed by atoms with Crippen molar-refractivity contribution in [3.8, 4) is 0 Å². The lowest BCUT2D eigenvalue weighted by molar-refractivity contribution is -0.147. The highest BCUT2D eigenvalue weighted by atomic mass is 16.5. The van der Waals surface area contributed by atoms with Crippen molar-refractivity contribution in [2.45, 2.75) is 25.3 Å². The van der Waals surface area contributed by atoms with Gasteiger partial charge in [-0.1, -0.05) is 0 Å². The first kappa shape index (κ1) is 13.3. The van der Waals surface area contributed by atoms with E-state index in [9.17, 15) is 14.4 Å². The first-order valence-electron chi connectivity index (χ1n) is 6.07. The Morgan fingerprint density at radius 3 is 2.89 bits per heavy atom. The second-order valence-electron chi connectivity index (χ2n) is 4.33. The number of esters is 1. The number of aromatic amines is 1. The van der Waals surface area contributed by atoms with Crippen LogP contribution >= 0.6 is 0 Å². The average Bonchev–Trinajstić information content (AvgIpc) is 2.46. The number of carbonyl (C=O) groups excluding carboxylic acids is 2. The normalized spacial score (nSPS) is 19.0. The van der Waals surface area contributed by atoms with Gasteiger partial charge >= 0.3 is 5.97 Å². The molecule has 1 aliphatic heterocycles. The van der Waals surface area contributed by atoms with Gasteiger partial charge in [-0.25, -0.2) is 9.78 Å². The predicted octanol–water partition coefficient (Wildman–Crippen LogP) is -0.0624. The molecule has 7 heteroatoms. The lowest BCUT2D eigenvalue weighted by Crippen LogP contribution is -2.48. The van der Waals surface area contributed by atoms with Gasteiger partial charge in [0.05, 0.1) is 13.3 Å². The second-order valence-corrected chi connectivity index (χ2v) is 4.33. The maximum absolute atomic E-state index is 12.3. The Morgan fingerprint density at radius 2 is 2.26 bits per heavy atom. The summed E-state index contributed by atoms with van der Waals surface area (Å²) < 4.78 is 4.71. The maximum atomic E-state index is 12.3. The van der Waals surface area contributed by atoms with Gasteiger partial charge in [-0.2, -0.15) is 0 Å². The van der Waals surface area contributed by atoms with Crippen molar-refractivity contribution in [1.82, 2.24) is 14.9 Å². The summed E-state index contributed by atoms with van der Waals surface area (Å²) in [5.74, 6) is -0.788. The molecule has 1 aliphatic rings. The fourth-order valence-electron chi connectivity index (χ4n) is 2.16. The summed E-state index contributed by atoms with van der Waals surface area (Å²) in [6.07, 6.45) is 4.60. The molecule has 0 aromatic carbocycles. The van der Waals surface area contributed by atoms with E-state index in [0.717, 1.165) is 19.0 Å². The first-order chi connectivity index (χ1) is 9.13. The van der Waals surface area contributed by atoms with Crippen molar-refractivity contribution < 1.29 is 14.3 Å². The lowest BCUT2D eigenvalue weighted by atomic mass is 10.0. The minimum atomic E-state index is -0.569. The highest BCUT2D eigenvalue weighted by Gasteiger charge is 2.33. The number of nitrogens with zero attached hydrogens (tertiary/aromatic N) is 2. The molecule has 1 fully saturated rings. The number of piperidine rings is 1. The molecule has 0 spiro atoms.